The van der Waals surface area contributed by atoms with E-state index in [0.29, 0.717) is 23.1 Å². The Labute approximate surface area is 137 Å². The molecule has 0 bridgehead atoms. The molecule has 1 atom stereocenters. The zero-order valence-corrected chi connectivity index (χ0v) is 13.8. The van der Waals surface area contributed by atoms with E-state index in [1.54, 1.807) is 0 Å². The van der Waals surface area contributed by atoms with Gasteiger partial charge in [0.15, 0.2) is 5.69 Å². The Hall–Kier alpha value is -2.28. The van der Waals surface area contributed by atoms with E-state index in [0.717, 1.165) is 22.7 Å². The van der Waals surface area contributed by atoms with Crippen LogP contribution in [0.15, 0.2) is 30.5 Å². The summed E-state index contributed by atoms with van der Waals surface area (Å²) in [6, 6.07) is 6.24. The van der Waals surface area contributed by atoms with Crippen molar-refractivity contribution in [3.63, 3.8) is 0 Å². The highest BCUT2D eigenvalue weighted by Gasteiger charge is 2.47. The molecule has 4 heteroatoms. The maximum atomic E-state index is 7.25. The van der Waals surface area contributed by atoms with Crippen molar-refractivity contribution in [2.24, 2.45) is 11.3 Å². The molecule has 1 aromatic heterocycles. The van der Waals surface area contributed by atoms with Crippen LogP contribution in [0.3, 0.4) is 0 Å². The van der Waals surface area contributed by atoms with Crippen molar-refractivity contribution in [3.05, 3.63) is 41.9 Å². The van der Waals surface area contributed by atoms with Gasteiger partial charge in [0, 0.05) is 17.7 Å². The van der Waals surface area contributed by atoms with Crippen molar-refractivity contribution in [1.29, 1.82) is 0 Å². The molecule has 2 aliphatic rings. The topological polar surface area (TPSA) is 34.2 Å². The maximum Gasteiger partial charge on any atom is 0.208 e. The van der Waals surface area contributed by atoms with E-state index in [4.69, 9.17) is 11.6 Å². The lowest BCUT2D eigenvalue weighted by molar-refractivity contribution is 0.323. The average molecular weight is 306 g/mol. The Balaban J connectivity index is 1.73. The molecule has 0 amide bonds. The molecule has 2 fully saturated rings. The van der Waals surface area contributed by atoms with Gasteiger partial charge in [0.2, 0.25) is 5.95 Å². The SMILES string of the molecule is [C-]#[N+]c1ccc2nc(NC(=C)C3CC3(C)C)n(C3CCC3)c2c1. The Morgan fingerprint density at radius 2 is 2.17 bits per heavy atom. The van der Waals surface area contributed by atoms with E-state index in [-0.39, 0.29) is 0 Å². The molecular weight excluding hydrogens is 284 g/mol. The number of fused-ring (bicyclic) bond motifs is 1. The van der Waals surface area contributed by atoms with Crippen LogP contribution >= 0.6 is 0 Å². The second kappa shape index (κ2) is 4.86. The summed E-state index contributed by atoms with van der Waals surface area (Å²) in [5, 5.41) is 3.48. The van der Waals surface area contributed by atoms with Gasteiger partial charge in [-0.3, -0.25) is 0 Å². The van der Waals surface area contributed by atoms with Gasteiger partial charge in [0.25, 0.3) is 0 Å². The summed E-state index contributed by atoms with van der Waals surface area (Å²) >= 11 is 0. The van der Waals surface area contributed by atoms with Crippen LogP contribution in [-0.4, -0.2) is 9.55 Å². The largest absolute Gasteiger partial charge is 0.330 e. The number of anilines is 1. The maximum absolute atomic E-state index is 7.25. The fraction of sp³-hybridized carbons (Fsp3) is 0.474. The molecule has 23 heavy (non-hydrogen) atoms. The Kier molecular flexibility index (Phi) is 3.02. The van der Waals surface area contributed by atoms with Crippen molar-refractivity contribution in [2.75, 3.05) is 5.32 Å². The molecule has 0 aliphatic heterocycles. The van der Waals surface area contributed by atoms with E-state index >= 15 is 0 Å². The third-order valence-electron chi connectivity index (χ3n) is 5.45. The first-order valence-electron chi connectivity index (χ1n) is 8.35. The van der Waals surface area contributed by atoms with Gasteiger partial charge in [-0.25, -0.2) is 9.83 Å². The Morgan fingerprint density at radius 1 is 1.43 bits per heavy atom. The first-order chi connectivity index (χ1) is 11.0. The summed E-state index contributed by atoms with van der Waals surface area (Å²) in [5.74, 6) is 1.41. The van der Waals surface area contributed by atoms with Gasteiger partial charge in [-0.05, 0) is 43.2 Å². The molecule has 4 rings (SSSR count). The first kappa shape index (κ1) is 14.3. The highest BCUT2D eigenvalue weighted by Crippen LogP contribution is 2.55. The number of allylic oxidation sites excluding steroid dienone is 1. The smallest absolute Gasteiger partial charge is 0.208 e. The van der Waals surface area contributed by atoms with Gasteiger partial charge in [0.05, 0.1) is 17.6 Å². The fourth-order valence-electron chi connectivity index (χ4n) is 3.55. The normalized spacial score (nSPS) is 22.4. The van der Waals surface area contributed by atoms with Crippen molar-refractivity contribution in [2.45, 2.75) is 45.6 Å². The molecule has 1 heterocycles. The molecule has 2 saturated carbocycles. The minimum absolute atomic E-state index is 0.356. The van der Waals surface area contributed by atoms with Gasteiger partial charge in [-0.15, -0.1) is 0 Å². The zero-order chi connectivity index (χ0) is 16.2. The summed E-state index contributed by atoms with van der Waals surface area (Å²) < 4.78 is 2.29. The minimum Gasteiger partial charge on any atom is -0.330 e. The molecule has 0 radical (unpaired) electrons. The molecule has 0 spiro atoms. The lowest BCUT2D eigenvalue weighted by atomic mass is 9.92. The van der Waals surface area contributed by atoms with Crippen LogP contribution in [0.5, 0.6) is 0 Å². The predicted octanol–water partition coefficient (Wildman–Crippen LogP) is 5.28. The highest BCUT2D eigenvalue weighted by atomic mass is 15.2. The zero-order valence-electron chi connectivity index (χ0n) is 13.8. The van der Waals surface area contributed by atoms with E-state index in [9.17, 15) is 0 Å². The number of rotatable bonds is 4. The van der Waals surface area contributed by atoms with Gasteiger partial charge < -0.3 is 9.88 Å². The number of aromatic nitrogens is 2. The van der Waals surface area contributed by atoms with Crippen LogP contribution < -0.4 is 5.32 Å². The number of imidazole rings is 1. The van der Waals surface area contributed by atoms with Crippen molar-refractivity contribution in [1.82, 2.24) is 9.55 Å². The molecule has 1 N–H and O–H groups in total. The number of benzene rings is 1. The monoisotopic (exact) mass is 306 g/mol. The van der Waals surface area contributed by atoms with Crippen LogP contribution in [-0.2, 0) is 0 Å². The molecule has 2 aromatic rings. The Morgan fingerprint density at radius 3 is 2.74 bits per heavy atom. The van der Waals surface area contributed by atoms with Gasteiger partial charge >= 0.3 is 0 Å². The summed E-state index contributed by atoms with van der Waals surface area (Å²) in [7, 11) is 0. The lowest BCUT2D eigenvalue weighted by Crippen LogP contribution is -2.19. The number of nitrogens with zero attached hydrogens (tertiary/aromatic N) is 3. The molecule has 1 unspecified atom stereocenters. The highest BCUT2D eigenvalue weighted by molar-refractivity contribution is 5.83. The summed E-state index contributed by atoms with van der Waals surface area (Å²) in [6.45, 7) is 16.1. The van der Waals surface area contributed by atoms with Crippen molar-refractivity contribution in [3.8, 4) is 0 Å². The minimum atomic E-state index is 0.356. The van der Waals surface area contributed by atoms with Crippen LogP contribution in [0.1, 0.15) is 45.6 Å². The predicted molar refractivity (Wildman–Crippen MR) is 93.5 cm³/mol. The van der Waals surface area contributed by atoms with E-state index in [1.165, 1.54) is 25.7 Å². The first-order valence-corrected chi connectivity index (χ1v) is 8.35. The van der Waals surface area contributed by atoms with Crippen LogP contribution in [0.4, 0.5) is 11.6 Å². The summed E-state index contributed by atoms with van der Waals surface area (Å²) in [6.07, 6.45) is 4.82. The standard InChI is InChI=1S/C19H22N4/c1-12(15-11-19(15,2)3)21-18-22-16-9-8-13(20-4)10-17(16)23(18)14-6-5-7-14/h8-10,14-15H,1,5-7,11H2,2-3H3,(H,21,22). The van der Waals surface area contributed by atoms with E-state index in [2.05, 4.69) is 35.2 Å². The van der Waals surface area contributed by atoms with Crippen LogP contribution in [0.2, 0.25) is 0 Å². The van der Waals surface area contributed by atoms with Crippen LogP contribution in [0, 0.1) is 17.9 Å². The van der Waals surface area contributed by atoms with Gasteiger partial charge in [-0.1, -0.05) is 26.5 Å². The summed E-state index contributed by atoms with van der Waals surface area (Å²) in [5.41, 5.74) is 4.11. The second-order valence-electron chi connectivity index (χ2n) is 7.57. The number of hydrogen-bond donors (Lipinski definition) is 1. The second-order valence-corrected chi connectivity index (χ2v) is 7.57. The van der Waals surface area contributed by atoms with Crippen molar-refractivity contribution < 1.29 is 0 Å². The molecule has 1 aromatic carbocycles. The van der Waals surface area contributed by atoms with Gasteiger partial charge in [0.1, 0.15) is 0 Å². The number of nitrogens with one attached hydrogen (secondary N) is 1. The summed E-state index contributed by atoms with van der Waals surface area (Å²) in [4.78, 5) is 8.34. The fourth-order valence-corrected chi connectivity index (χ4v) is 3.55. The Bertz CT molecular complexity index is 833. The molecule has 2 aliphatic carbocycles. The quantitative estimate of drug-likeness (QED) is 0.779. The number of hydrogen-bond acceptors (Lipinski definition) is 2. The average Bonchev–Trinajstić information content (AvgIpc) is 2.98. The molecule has 118 valence electrons. The third kappa shape index (κ3) is 2.31. The van der Waals surface area contributed by atoms with Crippen LogP contribution in [0.25, 0.3) is 15.9 Å². The van der Waals surface area contributed by atoms with Gasteiger partial charge in [-0.2, -0.15) is 0 Å². The molecular formula is C19H22N4. The van der Waals surface area contributed by atoms with Crippen molar-refractivity contribution >= 4 is 22.7 Å². The lowest BCUT2D eigenvalue weighted by Gasteiger charge is -2.29. The van der Waals surface area contributed by atoms with E-state index in [1.807, 2.05) is 18.2 Å². The van der Waals surface area contributed by atoms with E-state index < -0.39 is 0 Å². The third-order valence-corrected chi connectivity index (χ3v) is 5.45. The molecule has 0 saturated heterocycles. The molecule has 4 nitrogen and oxygen atoms in total.